The Balaban J connectivity index is 1.73. The highest BCUT2D eigenvalue weighted by atomic mass is 15.1. The number of hydrogen-bond acceptors (Lipinski definition) is 5. The average Bonchev–Trinajstić information content (AvgIpc) is 3.15. The minimum atomic E-state index is 0.759. The van der Waals surface area contributed by atoms with Gasteiger partial charge in [-0.3, -0.25) is 4.98 Å². The number of nitrogens with zero attached hydrogens (tertiary/aromatic N) is 4. The van der Waals surface area contributed by atoms with Crippen LogP contribution in [0.15, 0.2) is 42.7 Å². The molecule has 1 aliphatic heterocycles. The highest BCUT2D eigenvalue weighted by molar-refractivity contribution is 5.88. The number of fused-ring (bicyclic) bond motifs is 1. The molecule has 0 atom stereocenters. The molecule has 5 heteroatoms. The number of hydrogen-bond donors (Lipinski definition) is 1. The van der Waals surface area contributed by atoms with Crippen molar-refractivity contribution in [1.82, 2.24) is 15.0 Å². The van der Waals surface area contributed by atoms with Gasteiger partial charge in [0.2, 0.25) is 0 Å². The van der Waals surface area contributed by atoms with E-state index in [0.29, 0.717) is 0 Å². The third-order valence-electron chi connectivity index (χ3n) is 4.33. The maximum absolute atomic E-state index is 4.69. The van der Waals surface area contributed by atoms with E-state index < -0.39 is 0 Å². The van der Waals surface area contributed by atoms with Crippen molar-refractivity contribution in [3.63, 3.8) is 0 Å². The normalized spacial score (nSPS) is 14.4. The number of aromatic nitrogens is 3. The van der Waals surface area contributed by atoms with Crippen LogP contribution in [-0.4, -0.2) is 35.1 Å². The van der Waals surface area contributed by atoms with Gasteiger partial charge in [0.25, 0.3) is 0 Å². The Kier molecular flexibility index (Phi) is 3.54. The summed E-state index contributed by atoms with van der Waals surface area (Å²) < 4.78 is 0. The molecule has 116 valence electrons. The van der Waals surface area contributed by atoms with E-state index in [9.17, 15) is 0 Å². The van der Waals surface area contributed by atoms with Crippen molar-refractivity contribution in [3.05, 3.63) is 42.7 Å². The van der Waals surface area contributed by atoms with Crippen LogP contribution in [0.2, 0.25) is 0 Å². The molecule has 3 aromatic rings. The fourth-order valence-electron chi connectivity index (χ4n) is 3.11. The summed E-state index contributed by atoms with van der Waals surface area (Å²) in [6.45, 7) is 2.32. The first-order chi connectivity index (χ1) is 11.3. The van der Waals surface area contributed by atoms with Crippen molar-refractivity contribution >= 4 is 22.5 Å². The van der Waals surface area contributed by atoms with Crippen LogP contribution in [0.5, 0.6) is 0 Å². The van der Waals surface area contributed by atoms with E-state index in [1.807, 2.05) is 13.1 Å². The Morgan fingerprint density at radius 3 is 2.48 bits per heavy atom. The summed E-state index contributed by atoms with van der Waals surface area (Å²) in [6.07, 6.45) is 5.98. The van der Waals surface area contributed by atoms with Crippen LogP contribution in [0.3, 0.4) is 0 Å². The van der Waals surface area contributed by atoms with E-state index in [1.54, 1.807) is 12.4 Å². The number of rotatable bonds is 3. The van der Waals surface area contributed by atoms with Crippen LogP contribution in [0.4, 0.5) is 11.5 Å². The predicted octanol–water partition coefficient (Wildman–Crippen LogP) is 3.33. The molecule has 0 bridgehead atoms. The molecule has 1 saturated heterocycles. The molecule has 23 heavy (non-hydrogen) atoms. The first-order valence-corrected chi connectivity index (χ1v) is 8.00. The van der Waals surface area contributed by atoms with Crippen LogP contribution in [0.25, 0.3) is 22.3 Å². The highest BCUT2D eigenvalue weighted by Crippen LogP contribution is 2.27. The molecule has 5 nitrogen and oxygen atoms in total. The molecule has 4 rings (SSSR count). The monoisotopic (exact) mass is 305 g/mol. The van der Waals surface area contributed by atoms with E-state index in [-0.39, 0.29) is 0 Å². The van der Waals surface area contributed by atoms with E-state index in [1.165, 1.54) is 18.5 Å². The van der Waals surface area contributed by atoms with Gasteiger partial charge in [-0.2, -0.15) is 0 Å². The summed E-state index contributed by atoms with van der Waals surface area (Å²) in [5.41, 5.74) is 4.95. The Hall–Kier alpha value is -2.69. The smallest absolute Gasteiger partial charge is 0.154 e. The molecule has 3 heterocycles. The minimum Gasteiger partial charge on any atom is -0.372 e. The Bertz CT molecular complexity index is 822. The quantitative estimate of drug-likeness (QED) is 0.804. The van der Waals surface area contributed by atoms with Crippen LogP contribution >= 0.6 is 0 Å². The molecule has 2 aromatic heterocycles. The molecule has 0 radical (unpaired) electrons. The van der Waals surface area contributed by atoms with E-state index >= 15 is 0 Å². The van der Waals surface area contributed by atoms with Crippen LogP contribution in [-0.2, 0) is 0 Å². The van der Waals surface area contributed by atoms with Crippen molar-refractivity contribution in [1.29, 1.82) is 0 Å². The topological polar surface area (TPSA) is 53.9 Å². The van der Waals surface area contributed by atoms with Gasteiger partial charge in [0.1, 0.15) is 5.52 Å². The second-order valence-corrected chi connectivity index (χ2v) is 5.77. The van der Waals surface area contributed by atoms with Gasteiger partial charge >= 0.3 is 0 Å². The molecule has 0 amide bonds. The third kappa shape index (κ3) is 2.59. The van der Waals surface area contributed by atoms with Gasteiger partial charge in [0, 0.05) is 43.8 Å². The van der Waals surface area contributed by atoms with Crippen molar-refractivity contribution in [2.75, 3.05) is 30.4 Å². The maximum Gasteiger partial charge on any atom is 0.154 e. The standard InChI is InChI=1S/C18H19N5/c1-19-18-17-16(20-8-9-21-17)12-15(22-18)13-4-6-14(7-5-13)23-10-2-3-11-23/h4-9,12H,2-3,10-11H2,1H3,(H,19,22). The molecule has 0 unspecified atom stereocenters. The van der Waals surface area contributed by atoms with Gasteiger partial charge in [0.15, 0.2) is 5.82 Å². The zero-order valence-electron chi connectivity index (χ0n) is 13.2. The first-order valence-electron chi connectivity index (χ1n) is 8.00. The third-order valence-corrected chi connectivity index (χ3v) is 4.33. The molecule has 0 saturated carbocycles. The molecule has 1 N–H and O–H groups in total. The van der Waals surface area contributed by atoms with Gasteiger partial charge in [-0.25, -0.2) is 9.97 Å². The summed E-state index contributed by atoms with van der Waals surface area (Å²) in [6, 6.07) is 10.6. The lowest BCUT2D eigenvalue weighted by Crippen LogP contribution is -2.17. The number of benzene rings is 1. The maximum atomic E-state index is 4.69. The molecular formula is C18H19N5. The van der Waals surface area contributed by atoms with Gasteiger partial charge < -0.3 is 10.2 Å². The highest BCUT2D eigenvalue weighted by Gasteiger charge is 2.13. The Labute approximate surface area is 135 Å². The Morgan fingerprint density at radius 2 is 1.74 bits per heavy atom. The summed E-state index contributed by atoms with van der Waals surface area (Å²) in [5.74, 6) is 0.759. The number of pyridine rings is 1. The zero-order valence-corrected chi connectivity index (χ0v) is 13.2. The SMILES string of the molecule is CNc1nc(-c2ccc(N3CCCC3)cc2)cc2nccnc12. The second-order valence-electron chi connectivity index (χ2n) is 5.77. The number of anilines is 2. The van der Waals surface area contributed by atoms with E-state index in [0.717, 1.165) is 41.2 Å². The van der Waals surface area contributed by atoms with E-state index in [4.69, 9.17) is 0 Å². The van der Waals surface area contributed by atoms with Gasteiger partial charge in [0.05, 0.1) is 11.2 Å². The Morgan fingerprint density at radius 1 is 1.00 bits per heavy atom. The summed E-state index contributed by atoms with van der Waals surface area (Å²) >= 11 is 0. The van der Waals surface area contributed by atoms with Crippen LogP contribution in [0.1, 0.15) is 12.8 Å². The van der Waals surface area contributed by atoms with Crippen molar-refractivity contribution < 1.29 is 0 Å². The molecule has 1 aromatic carbocycles. The lowest BCUT2D eigenvalue weighted by molar-refractivity contribution is 0.949. The second kappa shape index (κ2) is 5.83. The van der Waals surface area contributed by atoms with Crippen molar-refractivity contribution in [2.45, 2.75) is 12.8 Å². The molecular weight excluding hydrogens is 286 g/mol. The van der Waals surface area contributed by atoms with Gasteiger partial charge in [-0.1, -0.05) is 12.1 Å². The molecule has 1 fully saturated rings. The average molecular weight is 305 g/mol. The van der Waals surface area contributed by atoms with Crippen molar-refractivity contribution in [3.8, 4) is 11.3 Å². The lowest BCUT2D eigenvalue weighted by atomic mass is 10.1. The minimum absolute atomic E-state index is 0.759. The lowest BCUT2D eigenvalue weighted by Gasteiger charge is -2.17. The van der Waals surface area contributed by atoms with Crippen molar-refractivity contribution in [2.24, 2.45) is 0 Å². The largest absolute Gasteiger partial charge is 0.372 e. The number of nitrogens with one attached hydrogen (secondary N) is 1. The van der Waals surface area contributed by atoms with Crippen LogP contribution < -0.4 is 10.2 Å². The molecule has 0 aliphatic carbocycles. The zero-order chi connectivity index (χ0) is 15.6. The predicted molar refractivity (Wildman–Crippen MR) is 93.8 cm³/mol. The first kappa shape index (κ1) is 13.9. The summed E-state index contributed by atoms with van der Waals surface area (Å²) in [4.78, 5) is 15.9. The van der Waals surface area contributed by atoms with Gasteiger partial charge in [-0.15, -0.1) is 0 Å². The fourth-order valence-corrected chi connectivity index (χ4v) is 3.11. The summed E-state index contributed by atoms with van der Waals surface area (Å²) in [7, 11) is 1.86. The van der Waals surface area contributed by atoms with Gasteiger partial charge in [-0.05, 0) is 31.0 Å². The van der Waals surface area contributed by atoms with E-state index in [2.05, 4.69) is 49.4 Å². The van der Waals surface area contributed by atoms with Crippen LogP contribution in [0, 0.1) is 0 Å². The molecule has 0 spiro atoms. The fraction of sp³-hybridized carbons (Fsp3) is 0.278. The molecule has 1 aliphatic rings. The summed E-state index contributed by atoms with van der Waals surface area (Å²) in [5, 5.41) is 3.11.